The predicted octanol–water partition coefficient (Wildman–Crippen LogP) is 6.90. The topological polar surface area (TPSA) is 56.5 Å². The van der Waals surface area contributed by atoms with E-state index in [0.29, 0.717) is 21.5 Å². The zero-order valence-corrected chi connectivity index (χ0v) is 20.0. The van der Waals surface area contributed by atoms with Gasteiger partial charge in [-0.3, -0.25) is 4.79 Å². The summed E-state index contributed by atoms with van der Waals surface area (Å²) in [4.78, 5) is 12.4. The summed E-state index contributed by atoms with van der Waals surface area (Å²) in [6, 6.07) is 22.6. The lowest BCUT2D eigenvalue weighted by Gasteiger charge is -2.21. The maximum Gasteiger partial charge on any atom is 0.244 e. The van der Waals surface area contributed by atoms with Gasteiger partial charge < -0.3 is 0 Å². The second kappa shape index (κ2) is 11.2. The van der Waals surface area contributed by atoms with Crippen molar-refractivity contribution in [1.29, 1.82) is 5.26 Å². The van der Waals surface area contributed by atoms with Crippen molar-refractivity contribution in [3.05, 3.63) is 99.0 Å². The lowest BCUT2D eigenvalue weighted by Crippen LogP contribution is -2.23. The first kappa shape index (κ1) is 23.9. The SMILES string of the molecule is CSCc1cc(N(N=Cc2ccccc2)C(C)=O)cc(Cl)c1C(C#N)c1ccc(Cl)cc1. The number of hydrogen-bond acceptors (Lipinski definition) is 4. The molecule has 0 N–H and O–H groups in total. The number of anilines is 1. The number of halogens is 2. The zero-order chi connectivity index (χ0) is 23.1. The van der Waals surface area contributed by atoms with Gasteiger partial charge in [0.15, 0.2) is 0 Å². The first-order valence-electron chi connectivity index (χ1n) is 9.80. The molecule has 0 saturated carbocycles. The Hall–Kier alpha value is -2.78. The lowest BCUT2D eigenvalue weighted by molar-refractivity contribution is -0.116. The molecule has 0 spiro atoms. The summed E-state index contributed by atoms with van der Waals surface area (Å²) in [5.41, 5.74) is 3.83. The van der Waals surface area contributed by atoms with Gasteiger partial charge in [0.05, 0.1) is 23.9 Å². The van der Waals surface area contributed by atoms with Crippen LogP contribution in [0.3, 0.4) is 0 Å². The van der Waals surface area contributed by atoms with Crippen LogP contribution in [0.15, 0.2) is 71.8 Å². The van der Waals surface area contributed by atoms with Crippen molar-refractivity contribution in [2.24, 2.45) is 5.10 Å². The monoisotopic (exact) mass is 481 g/mol. The van der Waals surface area contributed by atoms with Gasteiger partial charge in [-0.05, 0) is 52.8 Å². The van der Waals surface area contributed by atoms with Crippen molar-refractivity contribution in [3.63, 3.8) is 0 Å². The molecule has 0 aromatic heterocycles. The minimum absolute atomic E-state index is 0.245. The number of nitriles is 1. The molecule has 1 amide bonds. The lowest BCUT2D eigenvalue weighted by atomic mass is 9.89. The summed E-state index contributed by atoms with van der Waals surface area (Å²) in [5, 5.41) is 16.7. The van der Waals surface area contributed by atoms with Gasteiger partial charge in [0.2, 0.25) is 5.91 Å². The smallest absolute Gasteiger partial charge is 0.244 e. The number of hydrogen-bond donors (Lipinski definition) is 0. The normalized spacial score (nSPS) is 11.8. The standard InChI is InChI=1S/C25H21Cl2N3OS/c1-17(31)30(29-15-18-6-4-3-5-7-18)22-12-20(16-32-2)25(24(27)13-22)23(14-28)19-8-10-21(26)11-9-19/h3-13,15,23H,16H2,1-2H3. The minimum Gasteiger partial charge on any atom is -0.273 e. The highest BCUT2D eigenvalue weighted by atomic mass is 35.5. The molecule has 7 heteroatoms. The summed E-state index contributed by atoms with van der Waals surface area (Å²) < 4.78 is 0. The van der Waals surface area contributed by atoms with E-state index in [1.54, 1.807) is 36.2 Å². The second-order valence-electron chi connectivity index (χ2n) is 7.03. The van der Waals surface area contributed by atoms with Gasteiger partial charge in [0.1, 0.15) is 0 Å². The Bertz CT molecular complexity index is 1160. The molecular formula is C25H21Cl2N3OS. The van der Waals surface area contributed by atoms with Crippen LogP contribution in [-0.2, 0) is 10.5 Å². The first-order chi connectivity index (χ1) is 15.4. The maximum absolute atomic E-state index is 12.4. The van der Waals surface area contributed by atoms with Gasteiger partial charge in [-0.1, -0.05) is 65.7 Å². The summed E-state index contributed by atoms with van der Waals surface area (Å²) >= 11 is 14.3. The van der Waals surface area contributed by atoms with Crippen molar-refractivity contribution in [2.75, 3.05) is 11.3 Å². The van der Waals surface area contributed by atoms with E-state index in [2.05, 4.69) is 11.2 Å². The van der Waals surface area contributed by atoms with E-state index >= 15 is 0 Å². The molecule has 0 bridgehead atoms. The van der Waals surface area contributed by atoms with Crippen LogP contribution in [0.2, 0.25) is 10.0 Å². The first-order valence-corrected chi connectivity index (χ1v) is 12.0. The molecule has 3 rings (SSSR count). The molecule has 0 radical (unpaired) electrons. The third-order valence-corrected chi connectivity index (χ3v) is 5.95. The minimum atomic E-state index is -0.561. The number of hydrazone groups is 1. The molecule has 0 fully saturated rings. The van der Waals surface area contributed by atoms with Crippen molar-refractivity contribution < 1.29 is 4.79 Å². The van der Waals surface area contributed by atoms with Crippen LogP contribution >= 0.6 is 35.0 Å². The van der Waals surface area contributed by atoms with Crippen molar-refractivity contribution in [3.8, 4) is 6.07 Å². The highest BCUT2D eigenvalue weighted by Gasteiger charge is 2.23. The number of thioether (sulfide) groups is 1. The Morgan fingerprint density at radius 1 is 1.16 bits per heavy atom. The van der Waals surface area contributed by atoms with Crippen molar-refractivity contribution in [1.82, 2.24) is 0 Å². The van der Waals surface area contributed by atoms with E-state index in [1.807, 2.05) is 54.8 Å². The summed E-state index contributed by atoms with van der Waals surface area (Å²) in [7, 11) is 0. The van der Waals surface area contributed by atoms with Crippen LogP contribution < -0.4 is 5.01 Å². The van der Waals surface area contributed by atoms with Crippen LogP contribution in [0.5, 0.6) is 0 Å². The third-order valence-electron chi connectivity index (χ3n) is 4.79. The molecule has 0 aliphatic carbocycles. The van der Waals surface area contributed by atoms with Gasteiger partial charge >= 0.3 is 0 Å². The number of benzene rings is 3. The number of rotatable bonds is 7. The molecule has 0 heterocycles. The molecular weight excluding hydrogens is 461 g/mol. The quantitative estimate of drug-likeness (QED) is 0.272. The van der Waals surface area contributed by atoms with E-state index < -0.39 is 5.92 Å². The van der Waals surface area contributed by atoms with E-state index in [9.17, 15) is 10.1 Å². The average molecular weight is 482 g/mol. The molecule has 1 atom stereocenters. The number of nitrogens with zero attached hydrogens (tertiary/aromatic N) is 3. The maximum atomic E-state index is 12.4. The van der Waals surface area contributed by atoms with Crippen LogP contribution in [-0.4, -0.2) is 18.4 Å². The van der Waals surface area contributed by atoms with Crippen LogP contribution in [0, 0.1) is 11.3 Å². The molecule has 162 valence electrons. The van der Waals surface area contributed by atoms with E-state index in [1.165, 1.54) is 11.9 Å². The summed E-state index contributed by atoms with van der Waals surface area (Å²) in [6.45, 7) is 1.45. The number of carbonyl (C=O) groups is 1. The Morgan fingerprint density at radius 3 is 2.44 bits per heavy atom. The average Bonchev–Trinajstić information content (AvgIpc) is 2.78. The highest BCUT2D eigenvalue weighted by molar-refractivity contribution is 7.97. The van der Waals surface area contributed by atoms with Gasteiger partial charge in [-0.2, -0.15) is 22.1 Å². The fourth-order valence-electron chi connectivity index (χ4n) is 3.33. The van der Waals surface area contributed by atoms with Crippen LogP contribution in [0.4, 0.5) is 5.69 Å². The van der Waals surface area contributed by atoms with Crippen molar-refractivity contribution >= 4 is 52.8 Å². The second-order valence-corrected chi connectivity index (χ2v) is 8.74. The Balaban J connectivity index is 2.07. The largest absolute Gasteiger partial charge is 0.273 e. The zero-order valence-electron chi connectivity index (χ0n) is 17.6. The molecule has 4 nitrogen and oxygen atoms in total. The van der Waals surface area contributed by atoms with Crippen LogP contribution in [0.1, 0.15) is 35.1 Å². The van der Waals surface area contributed by atoms with Gasteiger partial charge in [0, 0.05) is 22.7 Å². The molecule has 3 aromatic carbocycles. The molecule has 3 aromatic rings. The van der Waals surface area contributed by atoms with E-state index in [4.69, 9.17) is 23.2 Å². The molecule has 0 aliphatic heterocycles. The van der Waals surface area contributed by atoms with Gasteiger partial charge in [-0.15, -0.1) is 0 Å². The number of carbonyl (C=O) groups excluding carboxylic acids is 1. The van der Waals surface area contributed by atoms with Crippen LogP contribution in [0.25, 0.3) is 0 Å². The molecule has 0 aliphatic rings. The molecule has 0 saturated heterocycles. The third kappa shape index (κ3) is 5.72. The van der Waals surface area contributed by atoms with Gasteiger partial charge in [-0.25, -0.2) is 5.01 Å². The van der Waals surface area contributed by atoms with Gasteiger partial charge in [0.25, 0.3) is 0 Å². The van der Waals surface area contributed by atoms with E-state index in [-0.39, 0.29) is 5.91 Å². The summed E-state index contributed by atoms with van der Waals surface area (Å²) in [5.74, 6) is -0.178. The van der Waals surface area contributed by atoms with Crippen molar-refractivity contribution in [2.45, 2.75) is 18.6 Å². The Labute approximate surface area is 202 Å². The van der Waals surface area contributed by atoms with E-state index in [0.717, 1.165) is 22.3 Å². The Morgan fingerprint density at radius 2 is 1.84 bits per heavy atom. The fourth-order valence-corrected chi connectivity index (χ4v) is 4.35. The predicted molar refractivity (Wildman–Crippen MR) is 135 cm³/mol. The molecule has 1 unspecified atom stereocenters. The highest BCUT2D eigenvalue weighted by Crippen LogP contribution is 2.38. The Kier molecular flexibility index (Phi) is 8.35. The summed E-state index contributed by atoms with van der Waals surface area (Å²) in [6.07, 6.45) is 3.60. The molecule has 32 heavy (non-hydrogen) atoms. The fraction of sp³-hybridized carbons (Fsp3) is 0.160. The number of amides is 1.